The highest BCUT2D eigenvalue weighted by atomic mass is 127. The number of benzene rings is 2. The van der Waals surface area contributed by atoms with Crippen molar-refractivity contribution in [1.82, 2.24) is 9.55 Å². The molecule has 3 aromatic rings. The van der Waals surface area contributed by atoms with Crippen LogP contribution in [0.3, 0.4) is 0 Å². The molecule has 0 saturated heterocycles. The van der Waals surface area contributed by atoms with Crippen molar-refractivity contribution >= 4 is 51.2 Å². The minimum absolute atomic E-state index is 0.466. The van der Waals surface area contributed by atoms with Crippen LogP contribution in [0.5, 0.6) is 0 Å². The molecule has 0 atom stereocenters. The van der Waals surface area contributed by atoms with E-state index in [2.05, 4.69) is 27.6 Å². The highest BCUT2D eigenvalue weighted by molar-refractivity contribution is 14.1. The summed E-state index contributed by atoms with van der Waals surface area (Å²) in [6.45, 7) is 0. The predicted octanol–water partition coefficient (Wildman–Crippen LogP) is 3.87. The lowest BCUT2D eigenvalue weighted by atomic mass is 10.3. The Balaban J connectivity index is 2.30. The Labute approximate surface area is 123 Å². The molecular weight excluding hydrogens is 361 g/mol. The van der Waals surface area contributed by atoms with Crippen LogP contribution >= 0.6 is 34.2 Å². The van der Waals surface area contributed by atoms with E-state index in [4.69, 9.17) is 17.3 Å². The van der Waals surface area contributed by atoms with Crippen molar-refractivity contribution in [2.24, 2.45) is 0 Å². The molecule has 3 rings (SSSR count). The average molecular weight is 370 g/mol. The monoisotopic (exact) mass is 369 g/mol. The molecule has 0 radical (unpaired) electrons. The van der Waals surface area contributed by atoms with Crippen molar-refractivity contribution in [3.05, 3.63) is 51.1 Å². The summed E-state index contributed by atoms with van der Waals surface area (Å²) in [5.41, 5.74) is 8.73. The van der Waals surface area contributed by atoms with Crippen LogP contribution < -0.4 is 5.73 Å². The van der Waals surface area contributed by atoms with Crippen LogP contribution in [0.1, 0.15) is 0 Å². The van der Waals surface area contributed by atoms with Crippen LogP contribution in [0.15, 0.2) is 42.5 Å². The molecule has 0 spiro atoms. The number of nitrogen functional groups attached to an aromatic ring is 1. The number of nitrogens with two attached hydrogens (primary N) is 1. The minimum atomic E-state index is 0.466. The average Bonchev–Trinajstić information content (AvgIpc) is 2.66. The molecule has 1 heterocycles. The number of anilines is 1. The summed E-state index contributed by atoms with van der Waals surface area (Å²) < 4.78 is 3.08. The fourth-order valence-corrected chi connectivity index (χ4v) is 2.45. The lowest BCUT2D eigenvalue weighted by Gasteiger charge is -2.06. The van der Waals surface area contributed by atoms with Crippen molar-refractivity contribution in [3.8, 4) is 5.69 Å². The lowest BCUT2D eigenvalue weighted by molar-refractivity contribution is 1.11. The van der Waals surface area contributed by atoms with Crippen LogP contribution in [-0.2, 0) is 0 Å². The molecule has 0 fully saturated rings. The van der Waals surface area contributed by atoms with Gasteiger partial charge in [-0.05, 0) is 65.1 Å². The summed E-state index contributed by atoms with van der Waals surface area (Å²) in [7, 11) is 0. The molecule has 0 unspecified atom stereocenters. The van der Waals surface area contributed by atoms with Gasteiger partial charge in [-0.3, -0.25) is 4.57 Å². The second-order valence-corrected chi connectivity index (χ2v) is 5.60. The Bertz CT molecular complexity index is 719. The summed E-state index contributed by atoms with van der Waals surface area (Å²) in [6, 6.07) is 13.7. The first-order chi connectivity index (χ1) is 8.65. The molecule has 0 aliphatic rings. The smallest absolute Gasteiger partial charge is 0.205 e. The summed E-state index contributed by atoms with van der Waals surface area (Å²) in [5, 5.41) is 0.675. The molecule has 0 bridgehead atoms. The van der Waals surface area contributed by atoms with Crippen molar-refractivity contribution in [1.29, 1.82) is 0 Å². The van der Waals surface area contributed by atoms with Gasteiger partial charge >= 0.3 is 0 Å². The first-order valence-corrected chi connectivity index (χ1v) is 6.80. The van der Waals surface area contributed by atoms with Gasteiger partial charge in [-0.1, -0.05) is 11.6 Å². The summed E-state index contributed by atoms with van der Waals surface area (Å²) in [5.74, 6) is 0.466. The molecule has 0 amide bonds. The Kier molecular flexibility index (Phi) is 2.91. The van der Waals surface area contributed by atoms with Gasteiger partial charge in [0.15, 0.2) is 0 Å². The standard InChI is InChI=1S/C13H9ClIN3/c14-8-1-6-11-12(7-8)18(13(16)17-11)10-4-2-9(15)3-5-10/h1-7H,(H2,16,17). The Morgan fingerprint density at radius 3 is 2.56 bits per heavy atom. The number of fused-ring (bicyclic) bond motifs is 1. The molecule has 5 heteroatoms. The van der Waals surface area contributed by atoms with Crippen molar-refractivity contribution < 1.29 is 0 Å². The molecule has 18 heavy (non-hydrogen) atoms. The molecule has 2 N–H and O–H groups in total. The third-order valence-corrected chi connectivity index (χ3v) is 3.68. The second kappa shape index (κ2) is 4.44. The van der Waals surface area contributed by atoms with Crippen LogP contribution in [-0.4, -0.2) is 9.55 Å². The Morgan fingerprint density at radius 1 is 1.11 bits per heavy atom. The number of rotatable bonds is 1. The summed E-state index contributed by atoms with van der Waals surface area (Å²) in [4.78, 5) is 4.33. The van der Waals surface area contributed by atoms with Gasteiger partial charge < -0.3 is 5.73 Å². The molecule has 1 aromatic heterocycles. The van der Waals surface area contributed by atoms with Gasteiger partial charge in [0.1, 0.15) is 0 Å². The number of halogens is 2. The zero-order valence-electron chi connectivity index (χ0n) is 9.27. The molecular formula is C13H9ClIN3. The highest BCUT2D eigenvalue weighted by Gasteiger charge is 2.10. The van der Waals surface area contributed by atoms with Crippen LogP contribution in [0, 0.1) is 3.57 Å². The van der Waals surface area contributed by atoms with E-state index >= 15 is 0 Å². The normalized spacial score (nSPS) is 11.0. The maximum Gasteiger partial charge on any atom is 0.205 e. The van der Waals surface area contributed by atoms with E-state index in [9.17, 15) is 0 Å². The fourth-order valence-electron chi connectivity index (χ4n) is 1.93. The molecule has 2 aromatic carbocycles. The van der Waals surface area contributed by atoms with E-state index < -0.39 is 0 Å². The minimum Gasteiger partial charge on any atom is -0.369 e. The van der Waals surface area contributed by atoms with Gasteiger partial charge in [0.25, 0.3) is 0 Å². The maximum absolute atomic E-state index is 6.03. The number of aromatic nitrogens is 2. The molecule has 0 saturated carbocycles. The molecule has 0 aliphatic carbocycles. The number of nitrogens with zero attached hydrogens (tertiary/aromatic N) is 2. The van der Waals surface area contributed by atoms with E-state index in [1.165, 1.54) is 3.57 Å². The first-order valence-electron chi connectivity index (χ1n) is 5.34. The fraction of sp³-hybridized carbons (Fsp3) is 0. The number of hydrogen-bond donors (Lipinski definition) is 1. The van der Waals surface area contributed by atoms with Crippen LogP contribution in [0.25, 0.3) is 16.7 Å². The second-order valence-electron chi connectivity index (χ2n) is 3.91. The van der Waals surface area contributed by atoms with Crippen molar-refractivity contribution in [2.45, 2.75) is 0 Å². The van der Waals surface area contributed by atoms with Crippen molar-refractivity contribution in [3.63, 3.8) is 0 Å². The van der Waals surface area contributed by atoms with E-state index in [0.29, 0.717) is 11.0 Å². The van der Waals surface area contributed by atoms with Gasteiger partial charge in [0.05, 0.1) is 11.0 Å². The summed E-state index contributed by atoms with van der Waals surface area (Å²) in [6.07, 6.45) is 0. The first kappa shape index (κ1) is 11.8. The topological polar surface area (TPSA) is 43.8 Å². The SMILES string of the molecule is Nc1nc2ccc(Cl)cc2n1-c1ccc(I)cc1. The molecule has 90 valence electrons. The largest absolute Gasteiger partial charge is 0.369 e. The zero-order valence-corrected chi connectivity index (χ0v) is 12.2. The predicted molar refractivity (Wildman–Crippen MR) is 83.2 cm³/mol. The van der Waals surface area contributed by atoms with Gasteiger partial charge in [0.2, 0.25) is 5.95 Å². The van der Waals surface area contributed by atoms with E-state index in [1.807, 2.05) is 47.0 Å². The Morgan fingerprint density at radius 2 is 1.83 bits per heavy atom. The highest BCUT2D eigenvalue weighted by Crippen LogP contribution is 2.25. The van der Waals surface area contributed by atoms with E-state index in [0.717, 1.165) is 16.7 Å². The third-order valence-electron chi connectivity index (χ3n) is 2.73. The quantitative estimate of drug-likeness (QED) is 0.662. The van der Waals surface area contributed by atoms with Crippen LogP contribution in [0.4, 0.5) is 5.95 Å². The van der Waals surface area contributed by atoms with Gasteiger partial charge in [-0.25, -0.2) is 4.98 Å². The number of hydrogen-bond acceptors (Lipinski definition) is 2. The van der Waals surface area contributed by atoms with Gasteiger partial charge in [-0.2, -0.15) is 0 Å². The van der Waals surface area contributed by atoms with E-state index in [1.54, 1.807) is 0 Å². The summed E-state index contributed by atoms with van der Waals surface area (Å²) >= 11 is 8.30. The van der Waals surface area contributed by atoms with Crippen molar-refractivity contribution in [2.75, 3.05) is 5.73 Å². The van der Waals surface area contributed by atoms with Gasteiger partial charge in [0, 0.05) is 14.3 Å². The van der Waals surface area contributed by atoms with Gasteiger partial charge in [-0.15, -0.1) is 0 Å². The Hall–Kier alpha value is -1.27. The molecule has 3 nitrogen and oxygen atoms in total. The maximum atomic E-state index is 6.03. The zero-order chi connectivity index (χ0) is 12.7. The van der Waals surface area contributed by atoms with E-state index in [-0.39, 0.29) is 0 Å². The van der Waals surface area contributed by atoms with Crippen LogP contribution in [0.2, 0.25) is 5.02 Å². The third kappa shape index (κ3) is 1.95. The lowest BCUT2D eigenvalue weighted by Crippen LogP contribution is -2.00. The number of imidazole rings is 1. The molecule has 0 aliphatic heterocycles.